The molecule has 16 heavy (non-hydrogen) atoms. The molecule has 1 unspecified atom stereocenters. The summed E-state index contributed by atoms with van der Waals surface area (Å²) >= 11 is 0. The van der Waals surface area contributed by atoms with Gasteiger partial charge in [0.25, 0.3) is 0 Å². The van der Waals surface area contributed by atoms with E-state index in [4.69, 9.17) is 5.26 Å². The number of hydrogen-bond donors (Lipinski definition) is 0. The van der Waals surface area contributed by atoms with Crippen molar-refractivity contribution in [2.45, 2.75) is 33.2 Å². The van der Waals surface area contributed by atoms with Crippen LogP contribution in [0, 0.1) is 16.7 Å². The van der Waals surface area contributed by atoms with Gasteiger partial charge in [-0.25, -0.2) is 0 Å². The standard InChI is InChI=1S/C13H17N3/c1-13(2,3)9-12(10-14)16-15-11-7-5-4-6-8-11/h4-8,12H,9H2,1-3H3. The minimum absolute atomic E-state index is 0.0934. The number of benzene rings is 1. The van der Waals surface area contributed by atoms with Crippen LogP contribution in [-0.4, -0.2) is 6.04 Å². The lowest BCUT2D eigenvalue weighted by atomic mass is 9.89. The highest BCUT2D eigenvalue weighted by molar-refractivity contribution is 5.34. The van der Waals surface area contributed by atoms with Gasteiger partial charge in [0.2, 0.25) is 0 Å². The van der Waals surface area contributed by atoms with Crippen LogP contribution >= 0.6 is 0 Å². The van der Waals surface area contributed by atoms with Crippen molar-refractivity contribution in [1.29, 1.82) is 5.26 Å². The first kappa shape index (κ1) is 12.4. The summed E-state index contributed by atoms with van der Waals surface area (Å²) in [4.78, 5) is 0. The summed E-state index contributed by atoms with van der Waals surface area (Å²) in [5.74, 6) is 0. The molecule has 1 rings (SSSR count). The maximum absolute atomic E-state index is 8.96. The van der Waals surface area contributed by atoms with Crippen molar-refractivity contribution in [1.82, 2.24) is 0 Å². The van der Waals surface area contributed by atoms with Crippen LogP contribution in [0.3, 0.4) is 0 Å². The fourth-order valence-electron chi connectivity index (χ4n) is 1.32. The van der Waals surface area contributed by atoms with Crippen molar-refractivity contribution >= 4 is 5.69 Å². The molecule has 0 saturated carbocycles. The number of rotatable bonds is 3. The molecule has 1 aromatic carbocycles. The second-order valence-corrected chi connectivity index (χ2v) is 4.96. The summed E-state index contributed by atoms with van der Waals surface area (Å²) in [5.41, 5.74) is 0.882. The Kier molecular flexibility index (Phi) is 4.19. The van der Waals surface area contributed by atoms with Crippen molar-refractivity contribution in [3.05, 3.63) is 30.3 Å². The van der Waals surface area contributed by atoms with Crippen molar-refractivity contribution in [3.8, 4) is 6.07 Å². The molecular weight excluding hydrogens is 198 g/mol. The molecule has 3 heteroatoms. The SMILES string of the molecule is CC(C)(C)CC(C#N)N=Nc1ccccc1. The third-order valence-electron chi connectivity index (χ3n) is 2.02. The minimum atomic E-state index is -0.361. The maximum Gasteiger partial charge on any atom is 0.158 e. The van der Waals surface area contributed by atoms with Gasteiger partial charge in [-0.15, -0.1) is 0 Å². The Balaban J connectivity index is 2.65. The van der Waals surface area contributed by atoms with Crippen molar-refractivity contribution in [2.24, 2.45) is 15.6 Å². The molecule has 1 atom stereocenters. The average Bonchev–Trinajstić information content (AvgIpc) is 2.24. The van der Waals surface area contributed by atoms with Gasteiger partial charge in [-0.1, -0.05) is 39.0 Å². The number of nitrogens with zero attached hydrogens (tertiary/aromatic N) is 3. The Morgan fingerprint density at radius 1 is 1.25 bits per heavy atom. The Bertz CT molecular complexity index is 382. The summed E-state index contributed by atoms with van der Waals surface area (Å²) in [6.45, 7) is 6.28. The summed E-state index contributed by atoms with van der Waals surface area (Å²) < 4.78 is 0. The third-order valence-corrected chi connectivity index (χ3v) is 2.02. The van der Waals surface area contributed by atoms with Crippen LogP contribution < -0.4 is 0 Å². The van der Waals surface area contributed by atoms with Gasteiger partial charge in [-0.05, 0) is 24.0 Å². The van der Waals surface area contributed by atoms with Crippen LogP contribution in [0.1, 0.15) is 27.2 Å². The number of hydrogen-bond acceptors (Lipinski definition) is 3. The Hall–Kier alpha value is -1.69. The lowest BCUT2D eigenvalue weighted by Gasteiger charge is -2.18. The molecule has 0 bridgehead atoms. The van der Waals surface area contributed by atoms with Gasteiger partial charge < -0.3 is 0 Å². The van der Waals surface area contributed by atoms with Crippen LogP contribution in [0.4, 0.5) is 5.69 Å². The summed E-state index contributed by atoms with van der Waals surface area (Å²) in [7, 11) is 0. The summed E-state index contributed by atoms with van der Waals surface area (Å²) in [6, 6.07) is 11.3. The van der Waals surface area contributed by atoms with Crippen molar-refractivity contribution in [2.75, 3.05) is 0 Å². The normalized spacial score (nSPS) is 13.6. The van der Waals surface area contributed by atoms with E-state index in [0.717, 1.165) is 12.1 Å². The highest BCUT2D eigenvalue weighted by Crippen LogP contribution is 2.23. The Labute approximate surface area is 96.8 Å². The molecule has 0 aromatic heterocycles. The first-order valence-electron chi connectivity index (χ1n) is 5.37. The van der Waals surface area contributed by atoms with E-state index in [1.807, 2.05) is 30.3 Å². The summed E-state index contributed by atoms with van der Waals surface area (Å²) in [5, 5.41) is 17.1. The smallest absolute Gasteiger partial charge is 0.158 e. The van der Waals surface area contributed by atoms with E-state index in [1.54, 1.807) is 0 Å². The predicted octanol–water partition coefficient (Wildman–Crippen LogP) is 4.10. The second-order valence-electron chi connectivity index (χ2n) is 4.96. The van der Waals surface area contributed by atoms with Gasteiger partial charge in [0.15, 0.2) is 6.04 Å². The molecule has 0 radical (unpaired) electrons. The van der Waals surface area contributed by atoms with Crippen LogP contribution in [0.5, 0.6) is 0 Å². The van der Waals surface area contributed by atoms with Gasteiger partial charge in [0.1, 0.15) is 0 Å². The van der Waals surface area contributed by atoms with E-state index in [-0.39, 0.29) is 11.5 Å². The molecule has 0 saturated heterocycles. The predicted molar refractivity (Wildman–Crippen MR) is 64.4 cm³/mol. The zero-order chi connectivity index (χ0) is 12.0. The molecular formula is C13H17N3. The van der Waals surface area contributed by atoms with Crippen LogP contribution in [0.2, 0.25) is 0 Å². The molecule has 3 nitrogen and oxygen atoms in total. The van der Waals surface area contributed by atoms with E-state index in [1.165, 1.54) is 0 Å². The monoisotopic (exact) mass is 215 g/mol. The second kappa shape index (κ2) is 5.41. The molecule has 0 aliphatic carbocycles. The highest BCUT2D eigenvalue weighted by Gasteiger charge is 2.17. The van der Waals surface area contributed by atoms with Gasteiger partial charge in [0.05, 0.1) is 11.8 Å². The first-order valence-corrected chi connectivity index (χ1v) is 5.37. The first-order chi connectivity index (χ1) is 7.51. The lowest BCUT2D eigenvalue weighted by molar-refractivity contribution is 0.360. The average molecular weight is 215 g/mol. The molecule has 84 valence electrons. The maximum atomic E-state index is 8.96. The number of azo groups is 1. The Morgan fingerprint density at radius 3 is 2.38 bits per heavy atom. The van der Waals surface area contributed by atoms with Crippen LogP contribution in [0.25, 0.3) is 0 Å². The molecule has 0 N–H and O–H groups in total. The zero-order valence-electron chi connectivity index (χ0n) is 10.0. The summed E-state index contributed by atoms with van der Waals surface area (Å²) in [6.07, 6.45) is 0.722. The van der Waals surface area contributed by atoms with E-state index in [2.05, 4.69) is 37.1 Å². The third kappa shape index (κ3) is 4.70. The fraction of sp³-hybridized carbons (Fsp3) is 0.462. The van der Waals surface area contributed by atoms with Gasteiger partial charge in [0, 0.05) is 0 Å². The number of nitriles is 1. The quantitative estimate of drug-likeness (QED) is 0.700. The zero-order valence-corrected chi connectivity index (χ0v) is 10.0. The van der Waals surface area contributed by atoms with Crippen molar-refractivity contribution < 1.29 is 0 Å². The highest BCUT2D eigenvalue weighted by atomic mass is 15.1. The van der Waals surface area contributed by atoms with E-state index in [9.17, 15) is 0 Å². The largest absolute Gasteiger partial charge is 0.196 e. The molecule has 0 aliphatic rings. The molecule has 0 aliphatic heterocycles. The fourth-order valence-corrected chi connectivity index (χ4v) is 1.32. The van der Waals surface area contributed by atoms with Crippen molar-refractivity contribution in [3.63, 3.8) is 0 Å². The van der Waals surface area contributed by atoms with E-state index >= 15 is 0 Å². The lowest BCUT2D eigenvalue weighted by Crippen LogP contribution is -2.14. The minimum Gasteiger partial charge on any atom is -0.196 e. The van der Waals surface area contributed by atoms with Crippen LogP contribution in [-0.2, 0) is 0 Å². The molecule has 1 aromatic rings. The molecule has 0 spiro atoms. The molecule has 0 fully saturated rings. The van der Waals surface area contributed by atoms with Gasteiger partial charge in [-0.2, -0.15) is 15.5 Å². The van der Waals surface area contributed by atoms with Gasteiger partial charge in [-0.3, -0.25) is 0 Å². The van der Waals surface area contributed by atoms with E-state index in [0.29, 0.717) is 0 Å². The van der Waals surface area contributed by atoms with Crippen LogP contribution in [0.15, 0.2) is 40.6 Å². The van der Waals surface area contributed by atoms with E-state index < -0.39 is 0 Å². The van der Waals surface area contributed by atoms with Gasteiger partial charge >= 0.3 is 0 Å². The topological polar surface area (TPSA) is 48.5 Å². The molecule has 0 heterocycles. The Morgan fingerprint density at radius 2 is 1.88 bits per heavy atom. The molecule has 0 amide bonds.